The van der Waals surface area contributed by atoms with Gasteiger partial charge in [-0.2, -0.15) is 10.1 Å². The molecule has 23 heavy (non-hydrogen) atoms. The van der Waals surface area contributed by atoms with Crippen LogP contribution in [-0.4, -0.2) is 20.2 Å². The number of rotatable bonds is 2. The lowest BCUT2D eigenvalue weighted by atomic mass is 10.1. The minimum atomic E-state index is 0.229. The summed E-state index contributed by atoms with van der Waals surface area (Å²) in [5.74, 6) is 0.700. The van der Waals surface area contributed by atoms with E-state index in [0.29, 0.717) is 5.82 Å². The van der Waals surface area contributed by atoms with Crippen molar-refractivity contribution >= 4 is 44.9 Å². The Bertz CT molecular complexity index is 1040. The molecular weight excluding hydrogens is 310 g/mol. The number of nitrogens with zero attached hydrogens (tertiary/aromatic N) is 3. The van der Waals surface area contributed by atoms with Crippen LogP contribution in [-0.2, 0) is 0 Å². The number of fused-ring (bicyclic) bond motifs is 2. The third-order valence-corrected chi connectivity index (χ3v) is 4.16. The molecule has 4 aromatic rings. The molecule has 2 aromatic heterocycles. The van der Waals surface area contributed by atoms with E-state index in [2.05, 4.69) is 45.4 Å². The van der Waals surface area contributed by atoms with Gasteiger partial charge < -0.3 is 5.32 Å². The molecule has 0 unspecified atom stereocenters. The van der Waals surface area contributed by atoms with Gasteiger partial charge in [-0.3, -0.25) is 5.10 Å². The van der Waals surface area contributed by atoms with Crippen molar-refractivity contribution in [2.75, 3.05) is 5.32 Å². The lowest BCUT2D eigenvalue weighted by Gasteiger charge is -2.11. The van der Waals surface area contributed by atoms with E-state index in [1.54, 1.807) is 6.20 Å². The molecule has 4 rings (SSSR count). The Hall–Kier alpha value is -2.66. The summed E-state index contributed by atoms with van der Waals surface area (Å²) in [7, 11) is 0. The van der Waals surface area contributed by atoms with Gasteiger partial charge in [0.1, 0.15) is 5.82 Å². The van der Waals surface area contributed by atoms with Gasteiger partial charge in [0, 0.05) is 16.5 Å². The van der Waals surface area contributed by atoms with Gasteiger partial charge in [0.2, 0.25) is 5.28 Å². The fourth-order valence-electron chi connectivity index (χ4n) is 2.61. The highest BCUT2D eigenvalue weighted by atomic mass is 35.5. The lowest BCUT2D eigenvalue weighted by molar-refractivity contribution is 1.12. The summed E-state index contributed by atoms with van der Waals surface area (Å²) in [5, 5.41) is 12.5. The van der Waals surface area contributed by atoms with Crippen molar-refractivity contribution in [2.45, 2.75) is 13.8 Å². The lowest BCUT2D eigenvalue weighted by Crippen LogP contribution is -1.98. The van der Waals surface area contributed by atoms with E-state index in [1.807, 2.05) is 24.3 Å². The Morgan fingerprint density at radius 1 is 1.04 bits per heavy atom. The fourth-order valence-corrected chi connectivity index (χ4v) is 2.79. The average molecular weight is 324 g/mol. The summed E-state index contributed by atoms with van der Waals surface area (Å²) in [4.78, 5) is 8.68. The third kappa shape index (κ3) is 2.49. The number of nitrogens with one attached hydrogen (secondary N) is 2. The maximum atomic E-state index is 6.08. The maximum absolute atomic E-state index is 6.08. The molecule has 0 fully saturated rings. The molecule has 0 aliphatic rings. The molecule has 2 aromatic carbocycles. The van der Waals surface area contributed by atoms with Gasteiger partial charge in [0.15, 0.2) is 0 Å². The second kappa shape index (κ2) is 5.21. The van der Waals surface area contributed by atoms with Crippen LogP contribution in [0.4, 0.5) is 11.5 Å². The third-order valence-electron chi connectivity index (χ3n) is 3.99. The van der Waals surface area contributed by atoms with Gasteiger partial charge >= 0.3 is 0 Å². The molecule has 0 spiro atoms. The first-order valence-electron chi connectivity index (χ1n) is 7.25. The van der Waals surface area contributed by atoms with Crippen molar-refractivity contribution in [3.8, 4) is 0 Å². The highest BCUT2D eigenvalue weighted by Crippen LogP contribution is 2.28. The number of hydrogen-bond donors (Lipinski definition) is 2. The number of aromatic amines is 1. The molecular formula is C17H14ClN5. The van der Waals surface area contributed by atoms with Crippen LogP contribution >= 0.6 is 11.6 Å². The minimum Gasteiger partial charge on any atom is -0.340 e. The van der Waals surface area contributed by atoms with E-state index in [9.17, 15) is 0 Å². The van der Waals surface area contributed by atoms with Crippen LogP contribution in [0.15, 0.2) is 36.5 Å². The Kier molecular flexibility index (Phi) is 3.16. The highest BCUT2D eigenvalue weighted by Gasteiger charge is 2.09. The van der Waals surface area contributed by atoms with E-state index in [-0.39, 0.29) is 5.28 Å². The van der Waals surface area contributed by atoms with Crippen LogP contribution in [0.3, 0.4) is 0 Å². The monoisotopic (exact) mass is 323 g/mol. The van der Waals surface area contributed by atoms with Gasteiger partial charge in [-0.05, 0) is 66.9 Å². The topological polar surface area (TPSA) is 66.5 Å². The van der Waals surface area contributed by atoms with Crippen LogP contribution in [0.2, 0.25) is 5.28 Å². The molecule has 6 heteroatoms. The number of halogens is 1. The number of aryl methyl sites for hydroxylation is 2. The summed E-state index contributed by atoms with van der Waals surface area (Å²) in [6.45, 7) is 4.13. The SMILES string of the molecule is Cc1cc2nc(Cl)nc(Nc3ccc4[nH]ncc4c3)c2cc1C. The molecule has 0 amide bonds. The molecule has 5 nitrogen and oxygen atoms in total. The molecule has 0 saturated carbocycles. The summed E-state index contributed by atoms with van der Waals surface area (Å²) in [6, 6.07) is 10.1. The molecule has 0 aliphatic carbocycles. The van der Waals surface area contributed by atoms with Crippen molar-refractivity contribution in [1.82, 2.24) is 20.2 Å². The Labute approximate surface area is 137 Å². The van der Waals surface area contributed by atoms with Crippen molar-refractivity contribution in [2.24, 2.45) is 0 Å². The van der Waals surface area contributed by atoms with E-state index >= 15 is 0 Å². The summed E-state index contributed by atoms with van der Waals surface area (Å²) >= 11 is 6.08. The smallest absolute Gasteiger partial charge is 0.224 e. The van der Waals surface area contributed by atoms with Gasteiger partial charge in [0.05, 0.1) is 17.2 Å². The van der Waals surface area contributed by atoms with Crippen LogP contribution < -0.4 is 5.32 Å². The molecule has 2 heterocycles. The summed E-state index contributed by atoms with van der Waals surface area (Å²) < 4.78 is 0. The van der Waals surface area contributed by atoms with E-state index in [0.717, 1.165) is 27.5 Å². The zero-order chi connectivity index (χ0) is 16.0. The summed E-state index contributed by atoms with van der Waals surface area (Å²) in [6.07, 6.45) is 1.79. The van der Waals surface area contributed by atoms with E-state index in [4.69, 9.17) is 11.6 Å². The molecule has 0 atom stereocenters. The first-order valence-corrected chi connectivity index (χ1v) is 7.62. The zero-order valence-electron chi connectivity index (χ0n) is 12.7. The number of aromatic nitrogens is 4. The number of H-pyrrole nitrogens is 1. The van der Waals surface area contributed by atoms with Crippen LogP contribution in [0.1, 0.15) is 11.1 Å². The largest absolute Gasteiger partial charge is 0.340 e. The molecule has 0 aliphatic heterocycles. The highest BCUT2D eigenvalue weighted by molar-refractivity contribution is 6.28. The number of anilines is 2. The standard InChI is InChI=1S/C17H14ClN5/c1-9-5-13-15(6-10(9)2)21-17(18)22-16(13)20-12-3-4-14-11(7-12)8-19-23-14/h3-8H,1-2H3,(H,19,23)(H,20,21,22). The van der Waals surface area contributed by atoms with Crippen molar-refractivity contribution < 1.29 is 0 Å². The molecule has 0 saturated heterocycles. The second-order valence-corrected chi connectivity index (χ2v) is 5.93. The quantitative estimate of drug-likeness (QED) is 0.532. The van der Waals surface area contributed by atoms with E-state index < -0.39 is 0 Å². The number of hydrogen-bond acceptors (Lipinski definition) is 4. The van der Waals surface area contributed by atoms with Gasteiger partial charge in [-0.1, -0.05) is 0 Å². The normalized spacial score (nSPS) is 11.3. The Morgan fingerprint density at radius 2 is 1.87 bits per heavy atom. The first-order chi connectivity index (χ1) is 11.1. The Morgan fingerprint density at radius 3 is 2.74 bits per heavy atom. The maximum Gasteiger partial charge on any atom is 0.224 e. The fraction of sp³-hybridized carbons (Fsp3) is 0.118. The second-order valence-electron chi connectivity index (χ2n) is 5.59. The van der Waals surface area contributed by atoms with Crippen molar-refractivity contribution in [3.63, 3.8) is 0 Å². The minimum absolute atomic E-state index is 0.229. The van der Waals surface area contributed by atoms with Gasteiger partial charge in [-0.25, -0.2) is 4.98 Å². The van der Waals surface area contributed by atoms with Crippen molar-refractivity contribution in [1.29, 1.82) is 0 Å². The van der Waals surface area contributed by atoms with Gasteiger partial charge in [0.25, 0.3) is 0 Å². The number of benzene rings is 2. The molecule has 0 radical (unpaired) electrons. The van der Waals surface area contributed by atoms with Crippen LogP contribution in [0.25, 0.3) is 21.8 Å². The summed E-state index contributed by atoms with van der Waals surface area (Å²) in [5.41, 5.74) is 5.12. The van der Waals surface area contributed by atoms with Crippen LogP contribution in [0.5, 0.6) is 0 Å². The predicted molar refractivity (Wildman–Crippen MR) is 93.4 cm³/mol. The molecule has 2 N–H and O–H groups in total. The molecule has 0 bridgehead atoms. The first kappa shape index (κ1) is 14.0. The van der Waals surface area contributed by atoms with Crippen LogP contribution in [0, 0.1) is 13.8 Å². The van der Waals surface area contributed by atoms with E-state index in [1.165, 1.54) is 11.1 Å². The molecule has 114 valence electrons. The van der Waals surface area contributed by atoms with Gasteiger partial charge in [-0.15, -0.1) is 0 Å². The Balaban J connectivity index is 1.85. The average Bonchev–Trinajstić information content (AvgIpc) is 2.97. The predicted octanol–water partition coefficient (Wildman–Crippen LogP) is 4.52. The van der Waals surface area contributed by atoms with Crippen molar-refractivity contribution in [3.05, 3.63) is 52.9 Å². The zero-order valence-corrected chi connectivity index (χ0v) is 13.4.